The van der Waals surface area contributed by atoms with Gasteiger partial charge >= 0.3 is 0 Å². The Balaban J connectivity index is 1.24. The molecule has 7 heterocycles. The van der Waals surface area contributed by atoms with Gasteiger partial charge in [0.05, 0.1) is 29.2 Å². The third-order valence-corrected chi connectivity index (χ3v) is 7.68. The SMILES string of the molecule is CN1CCN(c2nccc3[nH]c(-c4n[nH]c5cnc(-c6cncc(CN7CCC(F)(F)C7)c6)c(F)c45)nc23)CC1. The van der Waals surface area contributed by atoms with Gasteiger partial charge in [-0.15, -0.1) is 0 Å². The molecule has 206 valence electrons. The van der Waals surface area contributed by atoms with Gasteiger partial charge in [-0.2, -0.15) is 5.10 Å². The lowest BCUT2D eigenvalue weighted by atomic mass is 10.1. The Morgan fingerprint density at radius 1 is 1.00 bits per heavy atom. The monoisotopic (exact) mass is 548 g/mol. The fraction of sp³-hybridized carbons (Fsp3) is 0.370. The number of pyridine rings is 3. The van der Waals surface area contributed by atoms with E-state index in [1.165, 1.54) is 12.4 Å². The van der Waals surface area contributed by atoms with Crippen LogP contribution in [0.4, 0.5) is 19.0 Å². The van der Waals surface area contributed by atoms with E-state index >= 15 is 4.39 Å². The zero-order chi connectivity index (χ0) is 27.4. The number of piperazine rings is 1. The van der Waals surface area contributed by atoms with Crippen molar-refractivity contribution in [1.29, 1.82) is 0 Å². The maximum absolute atomic E-state index is 16.1. The van der Waals surface area contributed by atoms with Gasteiger partial charge < -0.3 is 14.8 Å². The zero-order valence-electron chi connectivity index (χ0n) is 21.8. The molecule has 0 saturated carbocycles. The van der Waals surface area contributed by atoms with E-state index in [2.05, 4.69) is 47.0 Å². The summed E-state index contributed by atoms with van der Waals surface area (Å²) in [6, 6.07) is 3.59. The molecule has 2 saturated heterocycles. The molecule has 2 fully saturated rings. The van der Waals surface area contributed by atoms with E-state index in [-0.39, 0.29) is 24.0 Å². The molecule has 2 N–H and O–H groups in total. The van der Waals surface area contributed by atoms with Crippen molar-refractivity contribution in [2.45, 2.75) is 18.9 Å². The number of halogens is 3. The maximum Gasteiger partial charge on any atom is 0.261 e. The van der Waals surface area contributed by atoms with E-state index in [0.29, 0.717) is 46.8 Å². The highest BCUT2D eigenvalue weighted by molar-refractivity contribution is 5.96. The van der Waals surface area contributed by atoms with Crippen molar-refractivity contribution in [2.24, 2.45) is 0 Å². The van der Waals surface area contributed by atoms with Crippen LogP contribution in [-0.4, -0.2) is 97.2 Å². The second-order valence-corrected chi connectivity index (χ2v) is 10.6. The predicted octanol–water partition coefficient (Wildman–Crippen LogP) is 3.69. The van der Waals surface area contributed by atoms with E-state index in [0.717, 1.165) is 37.5 Å². The summed E-state index contributed by atoms with van der Waals surface area (Å²) in [6.07, 6.45) is 6.24. The Hall–Kier alpha value is -4.10. The van der Waals surface area contributed by atoms with E-state index in [1.54, 1.807) is 23.4 Å². The van der Waals surface area contributed by atoms with Crippen LogP contribution in [0.25, 0.3) is 44.7 Å². The van der Waals surface area contributed by atoms with E-state index in [4.69, 9.17) is 4.98 Å². The molecule has 0 aromatic carbocycles. The molecular weight excluding hydrogens is 521 g/mol. The quantitative estimate of drug-likeness (QED) is 0.343. The van der Waals surface area contributed by atoms with Gasteiger partial charge in [-0.05, 0) is 24.7 Å². The lowest BCUT2D eigenvalue weighted by Crippen LogP contribution is -2.44. The molecule has 40 heavy (non-hydrogen) atoms. The minimum atomic E-state index is -2.68. The second kappa shape index (κ2) is 9.52. The smallest absolute Gasteiger partial charge is 0.261 e. The summed E-state index contributed by atoms with van der Waals surface area (Å²) in [5.41, 5.74) is 3.53. The van der Waals surface area contributed by atoms with Gasteiger partial charge in [0.1, 0.15) is 16.9 Å². The van der Waals surface area contributed by atoms with Crippen LogP contribution in [0, 0.1) is 5.82 Å². The Morgan fingerprint density at radius 3 is 2.65 bits per heavy atom. The Bertz CT molecular complexity index is 1710. The molecule has 2 aliphatic rings. The number of likely N-dealkylation sites (N-methyl/N-ethyl adjacent to an activating group) is 1. The number of likely N-dealkylation sites (tertiary alicyclic amines) is 1. The fourth-order valence-electron chi connectivity index (χ4n) is 5.53. The van der Waals surface area contributed by atoms with Gasteiger partial charge in [-0.25, -0.2) is 23.1 Å². The molecule has 0 spiro atoms. The number of fused-ring (bicyclic) bond motifs is 2. The van der Waals surface area contributed by atoms with Crippen LogP contribution in [0.5, 0.6) is 0 Å². The van der Waals surface area contributed by atoms with Gasteiger partial charge in [0.15, 0.2) is 17.5 Å². The first-order valence-electron chi connectivity index (χ1n) is 13.2. The minimum Gasteiger partial charge on any atom is -0.352 e. The number of hydrogen-bond acceptors (Lipinski definition) is 8. The average molecular weight is 549 g/mol. The van der Waals surface area contributed by atoms with Crippen LogP contribution in [0.2, 0.25) is 0 Å². The number of nitrogens with zero attached hydrogens (tertiary/aromatic N) is 8. The number of aromatic amines is 2. The first-order chi connectivity index (χ1) is 19.3. The molecule has 13 heteroatoms. The summed E-state index contributed by atoms with van der Waals surface area (Å²) in [4.78, 5) is 27.4. The minimum absolute atomic E-state index is 0.104. The third kappa shape index (κ3) is 4.44. The molecule has 5 aromatic heterocycles. The van der Waals surface area contributed by atoms with Crippen molar-refractivity contribution in [3.05, 3.63) is 48.3 Å². The predicted molar refractivity (Wildman–Crippen MR) is 145 cm³/mol. The third-order valence-electron chi connectivity index (χ3n) is 7.68. The molecule has 10 nitrogen and oxygen atoms in total. The number of rotatable bonds is 5. The normalized spacial score (nSPS) is 18.4. The van der Waals surface area contributed by atoms with Crippen molar-refractivity contribution in [1.82, 2.24) is 44.9 Å². The summed E-state index contributed by atoms with van der Waals surface area (Å²) < 4.78 is 43.4. The van der Waals surface area contributed by atoms with Crippen LogP contribution < -0.4 is 4.90 Å². The number of nitrogens with one attached hydrogen (secondary N) is 2. The van der Waals surface area contributed by atoms with Gasteiger partial charge in [-0.1, -0.05) is 0 Å². The van der Waals surface area contributed by atoms with Crippen molar-refractivity contribution < 1.29 is 13.2 Å². The topological polar surface area (TPSA) is 106 Å². The Kier molecular flexibility index (Phi) is 5.93. The van der Waals surface area contributed by atoms with E-state index in [1.807, 2.05) is 6.07 Å². The molecule has 0 unspecified atom stereocenters. The highest BCUT2D eigenvalue weighted by atomic mass is 19.3. The molecule has 7 rings (SSSR count). The lowest BCUT2D eigenvalue weighted by Gasteiger charge is -2.33. The van der Waals surface area contributed by atoms with E-state index < -0.39 is 11.7 Å². The average Bonchev–Trinajstić information content (AvgIpc) is 3.65. The fourth-order valence-corrected chi connectivity index (χ4v) is 5.53. The number of anilines is 1. The molecule has 2 aliphatic heterocycles. The highest BCUT2D eigenvalue weighted by Gasteiger charge is 2.38. The van der Waals surface area contributed by atoms with Crippen LogP contribution >= 0.6 is 0 Å². The lowest BCUT2D eigenvalue weighted by molar-refractivity contribution is 0.0115. The van der Waals surface area contributed by atoms with Crippen molar-refractivity contribution in [3.8, 4) is 22.8 Å². The largest absolute Gasteiger partial charge is 0.352 e. The van der Waals surface area contributed by atoms with Crippen LogP contribution in [0.15, 0.2) is 36.9 Å². The number of hydrogen-bond donors (Lipinski definition) is 2. The first kappa shape index (κ1) is 24.9. The Labute approximate surface area is 227 Å². The molecule has 0 aliphatic carbocycles. The van der Waals surface area contributed by atoms with Gasteiger partial charge in [0, 0.05) is 69.8 Å². The molecular formula is C27H27F3N10. The van der Waals surface area contributed by atoms with Crippen molar-refractivity contribution in [3.63, 3.8) is 0 Å². The molecule has 0 amide bonds. The summed E-state index contributed by atoms with van der Waals surface area (Å²) >= 11 is 0. The standard InChI is InChI=1S/C27H27F3N10/c1-38-6-8-40(9-7-38)26-23-18(2-4-32-26)34-25(35-23)24-20-19(36-37-24)13-33-22(21(20)28)17-10-16(11-31-12-17)14-39-5-3-27(29,30)15-39/h2,4,10-13H,3,5-9,14-15H2,1H3,(H,34,35)(H,36,37). The van der Waals surface area contributed by atoms with Crippen molar-refractivity contribution in [2.75, 3.05) is 51.2 Å². The number of aromatic nitrogens is 7. The summed E-state index contributed by atoms with van der Waals surface area (Å²) in [5.74, 6) is -2.04. The highest BCUT2D eigenvalue weighted by Crippen LogP contribution is 2.34. The van der Waals surface area contributed by atoms with Crippen LogP contribution in [-0.2, 0) is 6.54 Å². The summed E-state index contributed by atoms with van der Waals surface area (Å²) in [7, 11) is 2.10. The first-order valence-corrected chi connectivity index (χ1v) is 13.2. The van der Waals surface area contributed by atoms with Crippen LogP contribution in [0.3, 0.4) is 0 Å². The maximum atomic E-state index is 16.1. The summed E-state index contributed by atoms with van der Waals surface area (Å²) in [6.45, 7) is 3.86. The molecule has 0 bridgehead atoms. The van der Waals surface area contributed by atoms with Gasteiger partial charge in [-0.3, -0.25) is 20.0 Å². The molecule has 0 atom stereocenters. The molecule has 5 aromatic rings. The van der Waals surface area contributed by atoms with Crippen molar-refractivity contribution >= 4 is 27.8 Å². The number of imidazole rings is 1. The Morgan fingerprint density at radius 2 is 1.85 bits per heavy atom. The summed E-state index contributed by atoms with van der Waals surface area (Å²) in [5, 5.41) is 7.49. The van der Waals surface area contributed by atoms with Gasteiger partial charge in [0.2, 0.25) is 0 Å². The van der Waals surface area contributed by atoms with E-state index in [9.17, 15) is 8.78 Å². The number of H-pyrrole nitrogens is 2. The molecule has 0 radical (unpaired) electrons. The zero-order valence-corrected chi connectivity index (χ0v) is 21.8. The second-order valence-electron chi connectivity index (χ2n) is 10.6. The van der Waals surface area contributed by atoms with Crippen LogP contribution in [0.1, 0.15) is 12.0 Å². The number of alkyl halides is 2. The van der Waals surface area contributed by atoms with Gasteiger partial charge in [0.25, 0.3) is 5.92 Å².